The van der Waals surface area contributed by atoms with Gasteiger partial charge >= 0.3 is 6.09 Å². The maximum atomic E-state index is 12.0. The summed E-state index contributed by atoms with van der Waals surface area (Å²) in [5.74, 6) is 0.796. The third-order valence-corrected chi connectivity index (χ3v) is 4.70. The number of guanidine groups is 1. The third kappa shape index (κ3) is 9.84. The summed E-state index contributed by atoms with van der Waals surface area (Å²) in [4.78, 5) is 18.9. The molecule has 0 aromatic heterocycles. The number of carbonyl (C=O) groups excluding carboxylic acids is 1. The first-order valence-corrected chi connectivity index (χ1v) is 10.3. The lowest BCUT2D eigenvalue weighted by atomic mass is 10.0. The number of nitrogens with one attached hydrogen (secondary N) is 3. The predicted octanol–water partition coefficient (Wildman–Crippen LogP) is 2.72. The van der Waals surface area contributed by atoms with Crippen LogP contribution in [-0.4, -0.2) is 67.4 Å². The Kier molecular flexibility index (Phi) is 9.91. The molecule has 3 N–H and O–H groups in total. The largest absolute Gasteiger partial charge is 0.444 e. The number of hydrogen-bond donors (Lipinski definition) is 3. The monoisotopic (exact) mass is 383 g/mol. The normalized spacial score (nSPS) is 18.3. The molecule has 0 aromatic carbocycles. The van der Waals surface area contributed by atoms with Gasteiger partial charge in [-0.15, -0.1) is 0 Å². The van der Waals surface area contributed by atoms with Gasteiger partial charge in [-0.2, -0.15) is 0 Å². The Labute approximate surface area is 165 Å². The van der Waals surface area contributed by atoms with Crippen LogP contribution in [0.3, 0.4) is 0 Å². The van der Waals surface area contributed by atoms with E-state index in [-0.39, 0.29) is 12.1 Å². The zero-order valence-corrected chi connectivity index (χ0v) is 18.4. The van der Waals surface area contributed by atoms with Crippen LogP contribution in [0.2, 0.25) is 0 Å². The Morgan fingerprint density at radius 2 is 1.89 bits per heavy atom. The molecule has 1 atom stereocenters. The molecule has 27 heavy (non-hydrogen) atoms. The number of nitrogens with zero attached hydrogens (tertiary/aromatic N) is 2. The highest BCUT2D eigenvalue weighted by molar-refractivity contribution is 5.80. The summed E-state index contributed by atoms with van der Waals surface area (Å²) in [6, 6.07) is 1.05. The van der Waals surface area contributed by atoms with E-state index in [1.807, 2.05) is 20.8 Å². The summed E-state index contributed by atoms with van der Waals surface area (Å²) in [5.41, 5.74) is -0.489. The lowest BCUT2D eigenvalue weighted by molar-refractivity contribution is 0.0502. The molecule has 0 bridgehead atoms. The minimum absolute atomic E-state index is 0.00573. The number of alkyl carbamates (subject to hydrolysis) is 1. The van der Waals surface area contributed by atoms with E-state index >= 15 is 0 Å². The molecule has 1 aliphatic rings. The van der Waals surface area contributed by atoms with E-state index in [0.717, 1.165) is 44.7 Å². The van der Waals surface area contributed by atoms with Gasteiger partial charge in [-0.3, -0.25) is 4.99 Å². The molecule has 1 saturated heterocycles. The molecule has 7 nitrogen and oxygen atoms in total. The number of rotatable bonds is 7. The number of carbonyl (C=O) groups is 1. The molecule has 1 heterocycles. The van der Waals surface area contributed by atoms with Gasteiger partial charge in [-0.25, -0.2) is 4.79 Å². The first-order valence-electron chi connectivity index (χ1n) is 10.3. The molecule has 0 saturated carbocycles. The molecule has 158 valence electrons. The molecular weight excluding hydrogens is 342 g/mol. The number of likely N-dealkylation sites (tertiary alicyclic amines) is 1. The van der Waals surface area contributed by atoms with Gasteiger partial charge in [0.2, 0.25) is 0 Å². The van der Waals surface area contributed by atoms with E-state index in [1.54, 1.807) is 7.05 Å². The Balaban J connectivity index is 2.45. The van der Waals surface area contributed by atoms with Crippen molar-refractivity contribution in [1.29, 1.82) is 0 Å². The van der Waals surface area contributed by atoms with Gasteiger partial charge in [0.15, 0.2) is 5.96 Å². The molecule has 1 aliphatic heterocycles. The molecule has 1 rings (SSSR count). The molecule has 1 amide bonds. The summed E-state index contributed by atoms with van der Waals surface area (Å²) in [6.07, 6.45) is 3.74. The zero-order valence-electron chi connectivity index (χ0n) is 18.4. The predicted molar refractivity (Wildman–Crippen MR) is 112 cm³/mol. The average Bonchev–Trinajstić information content (AvgIpc) is 2.57. The van der Waals surface area contributed by atoms with Gasteiger partial charge in [-0.1, -0.05) is 13.3 Å². The maximum absolute atomic E-state index is 12.0. The summed E-state index contributed by atoms with van der Waals surface area (Å²) in [6.45, 7) is 15.1. The average molecular weight is 384 g/mol. The first kappa shape index (κ1) is 23.5. The van der Waals surface area contributed by atoms with Crippen LogP contribution >= 0.6 is 0 Å². The third-order valence-electron chi connectivity index (χ3n) is 4.70. The molecule has 0 aliphatic carbocycles. The van der Waals surface area contributed by atoms with Crippen molar-refractivity contribution in [1.82, 2.24) is 20.9 Å². The quantitative estimate of drug-likeness (QED) is 0.465. The lowest BCUT2D eigenvalue weighted by Gasteiger charge is -2.35. The smallest absolute Gasteiger partial charge is 0.407 e. The molecule has 1 unspecified atom stereocenters. The fourth-order valence-corrected chi connectivity index (χ4v) is 3.22. The van der Waals surface area contributed by atoms with Crippen LogP contribution in [0.5, 0.6) is 0 Å². The summed E-state index contributed by atoms with van der Waals surface area (Å²) < 4.78 is 5.37. The van der Waals surface area contributed by atoms with E-state index < -0.39 is 5.60 Å². The Morgan fingerprint density at radius 1 is 1.26 bits per heavy atom. The van der Waals surface area contributed by atoms with Gasteiger partial charge in [0.25, 0.3) is 0 Å². The van der Waals surface area contributed by atoms with Crippen molar-refractivity contribution < 1.29 is 9.53 Å². The first-order chi connectivity index (χ1) is 12.6. The summed E-state index contributed by atoms with van der Waals surface area (Å²) >= 11 is 0. The van der Waals surface area contributed by atoms with Crippen LogP contribution in [0.1, 0.15) is 67.2 Å². The van der Waals surface area contributed by atoms with Crippen LogP contribution in [0.25, 0.3) is 0 Å². The fourth-order valence-electron chi connectivity index (χ4n) is 3.22. The van der Waals surface area contributed by atoms with Crippen LogP contribution < -0.4 is 16.0 Å². The highest BCUT2D eigenvalue weighted by atomic mass is 16.6. The molecule has 7 heteroatoms. The van der Waals surface area contributed by atoms with E-state index in [0.29, 0.717) is 18.6 Å². The molecular formula is C20H41N5O2. The Hall–Kier alpha value is -1.50. The molecule has 0 aromatic rings. The summed E-state index contributed by atoms with van der Waals surface area (Å²) in [5, 5.41) is 9.84. The van der Waals surface area contributed by atoms with Crippen molar-refractivity contribution >= 4 is 12.1 Å². The van der Waals surface area contributed by atoms with Crippen LogP contribution in [0.4, 0.5) is 4.79 Å². The van der Waals surface area contributed by atoms with Crippen molar-refractivity contribution in [3.8, 4) is 0 Å². The second-order valence-electron chi connectivity index (χ2n) is 8.63. The Bertz CT molecular complexity index is 465. The second kappa shape index (κ2) is 11.4. The molecule has 1 fully saturated rings. The van der Waals surface area contributed by atoms with Crippen LogP contribution in [0.15, 0.2) is 4.99 Å². The summed E-state index contributed by atoms with van der Waals surface area (Å²) in [7, 11) is 1.79. The van der Waals surface area contributed by atoms with Gasteiger partial charge in [-0.05, 0) is 53.9 Å². The SMILES string of the molecule is CCCC(CNC(=NC)NC1CCN(C(C)C)CC1)NC(=O)OC(C)(C)C. The van der Waals surface area contributed by atoms with Gasteiger partial charge < -0.3 is 25.6 Å². The highest BCUT2D eigenvalue weighted by Crippen LogP contribution is 2.13. The second-order valence-corrected chi connectivity index (χ2v) is 8.63. The van der Waals surface area contributed by atoms with Crippen LogP contribution in [-0.2, 0) is 4.74 Å². The number of amides is 1. The van der Waals surface area contributed by atoms with Crippen molar-refractivity contribution in [3.63, 3.8) is 0 Å². The van der Waals surface area contributed by atoms with Crippen molar-refractivity contribution in [2.75, 3.05) is 26.7 Å². The number of aliphatic imine (C=N–C) groups is 1. The molecule has 0 spiro atoms. The fraction of sp³-hybridized carbons (Fsp3) is 0.900. The lowest BCUT2D eigenvalue weighted by Crippen LogP contribution is -2.52. The minimum atomic E-state index is -0.489. The van der Waals surface area contributed by atoms with E-state index in [1.165, 1.54) is 0 Å². The maximum Gasteiger partial charge on any atom is 0.407 e. The topological polar surface area (TPSA) is 78.0 Å². The van der Waals surface area contributed by atoms with E-state index in [2.05, 4.69) is 46.6 Å². The van der Waals surface area contributed by atoms with Crippen molar-refractivity contribution in [3.05, 3.63) is 0 Å². The number of piperidine rings is 1. The number of ether oxygens (including phenoxy) is 1. The molecule has 0 radical (unpaired) electrons. The zero-order chi connectivity index (χ0) is 20.4. The highest BCUT2D eigenvalue weighted by Gasteiger charge is 2.22. The number of hydrogen-bond acceptors (Lipinski definition) is 4. The van der Waals surface area contributed by atoms with E-state index in [4.69, 9.17) is 4.74 Å². The Morgan fingerprint density at radius 3 is 2.37 bits per heavy atom. The van der Waals surface area contributed by atoms with E-state index in [9.17, 15) is 4.79 Å². The van der Waals surface area contributed by atoms with Crippen molar-refractivity contribution in [2.45, 2.75) is 91.0 Å². The standard InChI is InChI=1S/C20H41N5O2/c1-8-9-17(24-19(26)27-20(4,5)6)14-22-18(21-7)23-16-10-12-25(13-11-16)15(2)3/h15-17H,8-14H2,1-7H3,(H,24,26)(H2,21,22,23). The van der Waals surface area contributed by atoms with Crippen molar-refractivity contribution in [2.24, 2.45) is 4.99 Å². The van der Waals surface area contributed by atoms with Gasteiger partial charge in [0.1, 0.15) is 5.60 Å². The van der Waals surface area contributed by atoms with Gasteiger partial charge in [0, 0.05) is 44.8 Å². The minimum Gasteiger partial charge on any atom is -0.444 e. The van der Waals surface area contributed by atoms with Crippen LogP contribution in [0, 0.1) is 0 Å². The van der Waals surface area contributed by atoms with Gasteiger partial charge in [0.05, 0.1) is 0 Å².